The lowest BCUT2D eigenvalue weighted by molar-refractivity contribution is 1.07. The Kier molecular flexibility index (Phi) is 4.42. The van der Waals surface area contributed by atoms with Crippen molar-refractivity contribution in [2.45, 2.75) is 6.92 Å². The van der Waals surface area contributed by atoms with Crippen molar-refractivity contribution in [3.05, 3.63) is 90.0 Å². The Bertz CT molecular complexity index is 1070. The van der Waals surface area contributed by atoms with E-state index in [1.807, 2.05) is 85.8 Å². The molecule has 0 atom stereocenters. The fourth-order valence-corrected chi connectivity index (χ4v) is 2.91. The minimum Gasteiger partial charge on any atom is -0.208 e. The van der Waals surface area contributed by atoms with E-state index in [-0.39, 0.29) is 0 Å². The molecule has 0 aliphatic heterocycles. The highest BCUT2D eigenvalue weighted by Crippen LogP contribution is 2.25. The number of nitrogens with zero attached hydrogens (tertiary/aromatic N) is 4. The van der Waals surface area contributed by atoms with Crippen molar-refractivity contribution in [1.29, 1.82) is 5.26 Å². The monoisotopic (exact) mass is 348 g/mol. The van der Waals surface area contributed by atoms with Crippen LogP contribution in [0.5, 0.6) is 0 Å². The van der Waals surface area contributed by atoms with Gasteiger partial charge in [0, 0.05) is 16.7 Å². The summed E-state index contributed by atoms with van der Waals surface area (Å²) in [5.41, 5.74) is 4.24. The van der Waals surface area contributed by atoms with Gasteiger partial charge in [-0.15, -0.1) is 0 Å². The van der Waals surface area contributed by atoms with Crippen LogP contribution in [-0.4, -0.2) is 15.0 Å². The van der Waals surface area contributed by atoms with Crippen LogP contribution in [0.25, 0.3) is 34.2 Å². The molecule has 0 amide bonds. The van der Waals surface area contributed by atoms with Crippen molar-refractivity contribution in [1.82, 2.24) is 15.0 Å². The second kappa shape index (κ2) is 7.19. The van der Waals surface area contributed by atoms with Gasteiger partial charge in [-0.1, -0.05) is 60.7 Å². The van der Waals surface area contributed by atoms with Crippen molar-refractivity contribution >= 4 is 0 Å². The van der Waals surface area contributed by atoms with Crippen LogP contribution < -0.4 is 0 Å². The molecule has 0 saturated carbocycles. The van der Waals surface area contributed by atoms with Crippen LogP contribution in [0.15, 0.2) is 78.9 Å². The second-order valence-corrected chi connectivity index (χ2v) is 6.24. The highest BCUT2D eigenvalue weighted by molar-refractivity contribution is 5.67. The maximum atomic E-state index is 9.30. The average molecular weight is 348 g/mol. The molecule has 1 heterocycles. The number of nitriles is 1. The third-order valence-electron chi connectivity index (χ3n) is 4.16. The lowest BCUT2D eigenvalue weighted by Gasteiger charge is -2.09. The van der Waals surface area contributed by atoms with Crippen LogP contribution >= 0.6 is 0 Å². The number of benzene rings is 3. The molecule has 4 nitrogen and oxygen atoms in total. The van der Waals surface area contributed by atoms with Gasteiger partial charge in [-0.05, 0) is 30.7 Å². The van der Waals surface area contributed by atoms with E-state index in [0.29, 0.717) is 23.0 Å². The summed E-state index contributed by atoms with van der Waals surface area (Å²) in [6, 6.07) is 27.5. The maximum absolute atomic E-state index is 9.30. The smallest absolute Gasteiger partial charge is 0.164 e. The molecule has 4 heteroatoms. The van der Waals surface area contributed by atoms with Crippen LogP contribution in [0.1, 0.15) is 11.1 Å². The Morgan fingerprint density at radius 3 is 1.59 bits per heavy atom. The third-order valence-corrected chi connectivity index (χ3v) is 4.16. The first kappa shape index (κ1) is 16.6. The van der Waals surface area contributed by atoms with E-state index in [1.165, 1.54) is 0 Å². The van der Waals surface area contributed by atoms with E-state index < -0.39 is 0 Å². The Labute approximate surface area is 157 Å². The first-order valence-corrected chi connectivity index (χ1v) is 8.62. The van der Waals surface area contributed by atoms with Crippen molar-refractivity contribution in [3.8, 4) is 40.2 Å². The molecular formula is C23H16N4. The number of hydrogen-bond donors (Lipinski definition) is 0. The first-order chi connectivity index (χ1) is 13.2. The summed E-state index contributed by atoms with van der Waals surface area (Å²) in [7, 11) is 0. The van der Waals surface area contributed by atoms with Gasteiger partial charge in [-0.2, -0.15) is 5.26 Å². The van der Waals surface area contributed by atoms with Crippen LogP contribution in [0.2, 0.25) is 0 Å². The number of aryl methyl sites for hydroxylation is 1. The third kappa shape index (κ3) is 3.58. The molecule has 0 aliphatic carbocycles. The Hall–Kier alpha value is -3.84. The van der Waals surface area contributed by atoms with Crippen molar-refractivity contribution < 1.29 is 0 Å². The van der Waals surface area contributed by atoms with E-state index in [2.05, 4.69) is 21.0 Å². The largest absolute Gasteiger partial charge is 0.208 e. The van der Waals surface area contributed by atoms with Crippen LogP contribution in [-0.2, 0) is 0 Å². The zero-order valence-corrected chi connectivity index (χ0v) is 14.8. The zero-order valence-electron chi connectivity index (χ0n) is 14.8. The highest BCUT2D eigenvalue weighted by Gasteiger charge is 2.12. The number of aromatic nitrogens is 3. The van der Waals surface area contributed by atoms with Gasteiger partial charge in [0.15, 0.2) is 17.5 Å². The predicted molar refractivity (Wildman–Crippen MR) is 106 cm³/mol. The van der Waals surface area contributed by atoms with Gasteiger partial charge >= 0.3 is 0 Å². The summed E-state index contributed by atoms with van der Waals surface area (Å²) >= 11 is 0. The quantitative estimate of drug-likeness (QED) is 0.519. The topological polar surface area (TPSA) is 62.5 Å². The molecule has 4 rings (SSSR count). The second-order valence-electron chi connectivity index (χ2n) is 6.24. The highest BCUT2D eigenvalue weighted by atomic mass is 15.0. The molecule has 0 fully saturated rings. The molecule has 3 aromatic carbocycles. The zero-order chi connectivity index (χ0) is 18.6. The fourth-order valence-electron chi connectivity index (χ4n) is 2.91. The molecule has 0 spiro atoms. The lowest BCUT2D eigenvalue weighted by Crippen LogP contribution is -2.00. The Balaban J connectivity index is 1.94. The van der Waals surface area contributed by atoms with Gasteiger partial charge in [0.25, 0.3) is 0 Å². The molecule has 0 radical (unpaired) electrons. The van der Waals surface area contributed by atoms with Gasteiger partial charge in [-0.3, -0.25) is 0 Å². The normalized spacial score (nSPS) is 10.4. The predicted octanol–water partition coefficient (Wildman–Crippen LogP) is 5.05. The number of hydrogen-bond acceptors (Lipinski definition) is 4. The molecule has 0 bridgehead atoms. The van der Waals surface area contributed by atoms with Gasteiger partial charge in [0.05, 0.1) is 11.6 Å². The summed E-state index contributed by atoms with van der Waals surface area (Å²) in [5.74, 6) is 1.78. The molecule has 0 aliphatic rings. The van der Waals surface area contributed by atoms with E-state index in [1.54, 1.807) is 0 Å². The molecule has 27 heavy (non-hydrogen) atoms. The summed E-state index contributed by atoms with van der Waals surface area (Å²) in [5, 5.41) is 9.30. The summed E-state index contributed by atoms with van der Waals surface area (Å²) < 4.78 is 0. The molecule has 128 valence electrons. The van der Waals surface area contributed by atoms with E-state index in [9.17, 15) is 5.26 Å². The van der Waals surface area contributed by atoms with E-state index >= 15 is 0 Å². The van der Waals surface area contributed by atoms with Crippen LogP contribution in [0.3, 0.4) is 0 Å². The fraction of sp³-hybridized carbons (Fsp3) is 0.0435. The molecule has 0 unspecified atom stereocenters. The number of rotatable bonds is 3. The molecule has 4 aromatic rings. The van der Waals surface area contributed by atoms with Crippen molar-refractivity contribution in [2.24, 2.45) is 0 Å². The molecular weight excluding hydrogens is 332 g/mol. The summed E-state index contributed by atoms with van der Waals surface area (Å²) in [6.45, 7) is 1.96. The Morgan fingerprint density at radius 1 is 0.630 bits per heavy atom. The van der Waals surface area contributed by atoms with Crippen molar-refractivity contribution in [3.63, 3.8) is 0 Å². The average Bonchev–Trinajstić information content (AvgIpc) is 2.74. The minimum atomic E-state index is 0.558. The van der Waals surface area contributed by atoms with Crippen LogP contribution in [0, 0.1) is 18.3 Å². The molecule has 1 aromatic heterocycles. The van der Waals surface area contributed by atoms with Crippen molar-refractivity contribution in [2.75, 3.05) is 0 Å². The lowest BCUT2D eigenvalue weighted by atomic mass is 10.1. The minimum absolute atomic E-state index is 0.558. The molecule has 0 N–H and O–H groups in total. The van der Waals surface area contributed by atoms with Crippen LogP contribution in [0.4, 0.5) is 0 Å². The van der Waals surface area contributed by atoms with Gasteiger partial charge in [0.2, 0.25) is 0 Å². The molecule has 0 saturated heterocycles. The summed E-state index contributed by atoms with van der Waals surface area (Å²) in [6.07, 6.45) is 0. The van der Waals surface area contributed by atoms with Gasteiger partial charge < -0.3 is 0 Å². The van der Waals surface area contributed by atoms with E-state index in [0.717, 1.165) is 22.3 Å². The van der Waals surface area contributed by atoms with E-state index in [4.69, 9.17) is 0 Å². The Morgan fingerprint density at radius 2 is 1.11 bits per heavy atom. The van der Waals surface area contributed by atoms with Gasteiger partial charge in [0.1, 0.15) is 0 Å². The first-order valence-electron chi connectivity index (χ1n) is 8.62. The van der Waals surface area contributed by atoms with Gasteiger partial charge in [-0.25, -0.2) is 15.0 Å². The summed E-state index contributed by atoms with van der Waals surface area (Å²) in [4.78, 5) is 14.0. The standard InChI is InChI=1S/C23H16N4/c1-16-12-17(15-24)14-20(13-16)23-26-21(18-8-4-2-5-9-18)25-22(27-23)19-10-6-3-7-11-19/h2-14H,1H3. The SMILES string of the molecule is Cc1cc(C#N)cc(-c2nc(-c3ccccc3)nc(-c3ccccc3)n2)c1. The maximum Gasteiger partial charge on any atom is 0.164 e.